The molecule has 0 atom stereocenters. The van der Waals surface area contributed by atoms with Gasteiger partial charge in [0, 0.05) is 5.56 Å². The molecule has 0 amide bonds. The quantitative estimate of drug-likeness (QED) is 0.675. The molecule has 0 N–H and O–H groups in total. The van der Waals surface area contributed by atoms with E-state index < -0.39 is 0 Å². The Bertz CT molecular complexity index is 337. The van der Waals surface area contributed by atoms with E-state index in [-0.39, 0.29) is 0 Å². The zero-order valence-electron chi connectivity index (χ0n) is 8.69. The van der Waals surface area contributed by atoms with Gasteiger partial charge in [-0.05, 0) is 55.5 Å². The number of hydrogen-bond acceptors (Lipinski definition) is 1. The summed E-state index contributed by atoms with van der Waals surface area (Å²) < 4.78 is 0. The van der Waals surface area contributed by atoms with E-state index in [4.69, 9.17) is 0 Å². The smallest absolute Gasteiger partial charge is 0.233 e. The van der Waals surface area contributed by atoms with E-state index in [9.17, 15) is 4.79 Å². The van der Waals surface area contributed by atoms with Gasteiger partial charge < -0.3 is 0 Å². The molecule has 0 bridgehead atoms. The third kappa shape index (κ3) is 1.64. The predicted molar refractivity (Wildman–Crippen MR) is 54.8 cm³/mol. The molecule has 1 radical (unpaired) electrons. The van der Waals surface area contributed by atoms with Crippen molar-refractivity contribution in [3.05, 3.63) is 33.9 Å². The van der Waals surface area contributed by atoms with Crippen LogP contribution in [0, 0.1) is 20.8 Å². The molecule has 0 heterocycles. The zero-order valence-corrected chi connectivity index (χ0v) is 8.69. The van der Waals surface area contributed by atoms with Gasteiger partial charge in [0.25, 0.3) is 0 Å². The van der Waals surface area contributed by atoms with Crippen molar-refractivity contribution in [1.29, 1.82) is 0 Å². The van der Waals surface area contributed by atoms with Gasteiger partial charge in [-0.1, -0.05) is 6.92 Å². The Morgan fingerprint density at radius 3 is 2.23 bits per heavy atom. The maximum Gasteiger partial charge on any atom is 0.233 e. The van der Waals surface area contributed by atoms with Crippen LogP contribution in [0.5, 0.6) is 0 Å². The second-order valence-corrected chi connectivity index (χ2v) is 3.41. The van der Waals surface area contributed by atoms with Crippen LogP contribution in [-0.2, 0) is 11.2 Å². The van der Waals surface area contributed by atoms with Crippen LogP contribution >= 0.6 is 0 Å². The maximum atomic E-state index is 10.6. The average molecular weight is 175 g/mol. The summed E-state index contributed by atoms with van der Waals surface area (Å²) in [6.07, 6.45) is 2.96. The lowest BCUT2D eigenvalue weighted by atomic mass is 9.93. The molecule has 1 aromatic carbocycles. The molecule has 0 fully saturated rings. The first-order chi connectivity index (χ1) is 6.11. The molecule has 0 aliphatic heterocycles. The number of aryl methyl sites for hydroxylation is 1. The minimum absolute atomic E-state index is 0.708. The standard InChI is InChI=1S/C12H15O/c1-5-11-6-12(7-13)10(4)8(2)9(11)3/h6H,5H2,1-4H3. The lowest BCUT2D eigenvalue weighted by Crippen LogP contribution is -1.98. The van der Waals surface area contributed by atoms with E-state index >= 15 is 0 Å². The van der Waals surface area contributed by atoms with Gasteiger partial charge in [0.2, 0.25) is 6.29 Å². The van der Waals surface area contributed by atoms with Crippen LogP contribution in [0.4, 0.5) is 0 Å². The highest BCUT2D eigenvalue weighted by molar-refractivity contribution is 5.79. The Hall–Kier alpha value is -1.11. The average Bonchev–Trinajstić information content (AvgIpc) is 2.15. The summed E-state index contributed by atoms with van der Waals surface area (Å²) in [6, 6.07) is 1.95. The van der Waals surface area contributed by atoms with E-state index in [1.807, 2.05) is 19.3 Å². The number of hydrogen-bond donors (Lipinski definition) is 0. The minimum Gasteiger partial charge on any atom is -0.285 e. The normalized spacial score (nSPS) is 10.2. The fourth-order valence-corrected chi connectivity index (χ4v) is 1.59. The van der Waals surface area contributed by atoms with Crippen molar-refractivity contribution < 1.29 is 4.79 Å². The van der Waals surface area contributed by atoms with Crippen LogP contribution in [0.1, 0.15) is 34.7 Å². The van der Waals surface area contributed by atoms with E-state index in [1.165, 1.54) is 16.7 Å². The van der Waals surface area contributed by atoms with Crippen LogP contribution in [-0.4, -0.2) is 6.29 Å². The Morgan fingerprint density at radius 1 is 1.15 bits per heavy atom. The van der Waals surface area contributed by atoms with Crippen LogP contribution < -0.4 is 0 Å². The second kappa shape index (κ2) is 3.73. The topological polar surface area (TPSA) is 17.1 Å². The van der Waals surface area contributed by atoms with Crippen molar-refractivity contribution in [3.8, 4) is 0 Å². The lowest BCUT2D eigenvalue weighted by Gasteiger charge is -2.11. The molecular formula is C12H15O. The van der Waals surface area contributed by atoms with Crippen molar-refractivity contribution in [2.45, 2.75) is 34.1 Å². The fourth-order valence-electron chi connectivity index (χ4n) is 1.59. The van der Waals surface area contributed by atoms with Gasteiger partial charge in [0.05, 0.1) is 0 Å². The molecule has 0 unspecified atom stereocenters. The molecular weight excluding hydrogens is 160 g/mol. The van der Waals surface area contributed by atoms with Crippen LogP contribution in [0.3, 0.4) is 0 Å². The first kappa shape index (κ1) is 9.97. The van der Waals surface area contributed by atoms with Crippen molar-refractivity contribution in [1.82, 2.24) is 0 Å². The molecule has 0 aromatic heterocycles. The minimum atomic E-state index is 0.708. The summed E-state index contributed by atoms with van der Waals surface area (Å²) in [5.41, 5.74) is 5.54. The van der Waals surface area contributed by atoms with Crippen molar-refractivity contribution in [2.24, 2.45) is 0 Å². The number of benzene rings is 1. The van der Waals surface area contributed by atoms with E-state index in [0.29, 0.717) is 5.56 Å². The molecule has 0 saturated carbocycles. The summed E-state index contributed by atoms with van der Waals surface area (Å²) in [5.74, 6) is 0. The molecule has 1 aromatic rings. The molecule has 0 spiro atoms. The lowest BCUT2D eigenvalue weighted by molar-refractivity contribution is 0.562. The molecule has 0 aliphatic carbocycles. The van der Waals surface area contributed by atoms with Crippen molar-refractivity contribution >= 4 is 6.29 Å². The third-order valence-corrected chi connectivity index (χ3v) is 2.82. The molecule has 0 saturated heterocycles. The molecule has 1 rings (SSSR count). The summed E-state index contributed by atoms with van der Waals surface area (Å²) >= 11 is 0. The molecule has 0 aliphatic rings. The summed E-state index contributed by atoms with van der Waals surface area (Å²) in [5, 5.41) is 0. The number of rotatable bonds is 2. The fraction of sp³-hybridized carbons (Fsp3) is 0.417. The summed E-state index contributed by atoms with van der Waals surface area (Å²) in [4.78, 5) is 10.6. The van der Waals surface area contributed by atoms with Gasteiger partial charge in [0.15, 0.2) is 0 Å². The van der Waals surface area contributed by atoms with Crippen molar-refractivity contribution in [2.75, 3.05) is 0 Å². The van der Waals surface area contributed by atoms with Gasteiger partial charge in [0.1, 0.15) is 0 Å². The van der Waals surface area contributed by atoms with Crippen molar-refractivity contribution in [3.63, 3.8) is 0 Å². The maximum absolute atomic E-state index is 10.6. The summed E-state index contributed by atoms with van der Waals surface area (Å²) in [6.45, 7) is 8.24. The number of carbonyl (C=O) groups excluding carboxylic acids is 1. The Kier molecular flexibility index (Phi) is 2.86. The first-order valence-corrected chi connectivity index (χ1v) is 4.59. The van der Waals surface area contributed by atoms with Gasteiger partial charge in [-0.2, -0.15) is 0 Å². The Balaban J connectivity index is 3.45. The summed E-state index contributed by atoms with van der Waals surface area (Å²) in [7, 11) is 0. The predicted octanol–water partition coefficient (Wildman–Crippen LogP) is 2.63. The van der Waals surface area contributed by atoms with Gasteiger partial charge in [-0.15, -0.1) is 0 Å². The highest BCUT2D eigenvalue weighted by Gasteiger charge is 2.07. The van der Waals surface area contributed by atoms with Crippen LogP contribution in [0.15, 0.2) is 6.07 Å². The monoisotopic (exact) mass is 175 g/mol. The van der Waals surface area contributed by atoms with E-state index in [1.54, 1.807) is 0 Å². The van der Waals surface area contributed by atoms with Crippen LogP contribution in [0.2, 0.25) is 0 Å². The molecule has 13 heavy (non-hydrogen) atoms. The van der Waals surface area contributed by atoms with E-state index in [0.717, 1.165) is 12.0 Å². The Morgan fingerprint density at radius 2 is 1.77 bits per heavy atom. The van der Waals surface area contributed by atoms with Crippen LogP contribution in [0.25, 0.3) is 0 Å². The molecule has 1 heteroatoms. The second-order valence-electron chi connectivity index (χ2n) is 3.41. The zero-order chi connectivity index (χ0) is 10.0. The van der Waals surface area contributed by atoms with Gasteiger partial charge in [-0.25, -0.2) is 0 Å². The largest absolute Gasteiger partial charge is 0.285 e. The van der Waals surface area contributed by atoms with Gasteiger partial charge >= 0.3 is 0 Å². The van der Waals surface area contributed by atoms with Gasteiger partial charge in [-0.3, -0.25) is 4.79 Å². The third-order valence-electron chi connectivity index (χ3n) is 2.82. The van der Waals surface area contributed by atoms with E-state index in [2.05, 4.69) is 20.8 Å². The highest BCUT2D eigenvalue weighted by Crippen LogP contribution is 2.20. The SMILES string of the molecule is CCc1cc([C]=O)c(C)c(C)c1C. The molecule has 1 nitrogen and oxygen atoms in total. The Labute approximate surface area is 79.8 Å². The highest BCUT2D eigenvalue weighted by atomic mass is 16.1. The first-order valence-electron chi connectivity index (χ1n) is 4.59. The molecule has 69 valence electrons.